The maximum atomic E-state index is 5.24. The number of aliphatic imine (C=N–C) groups is 1. The number of nitrogens with zero attached hydrogens (tertiary/aromatic N) is 2. The Balaban J connectivity index is 1.54. The molecule has 3 rings (SSSR count). The van der Waals surface area contributed by atoms with Gasteiger partial charge in [-0.3, -0.25) is 9.89 Å². The predicted octanol–water partition coefficient (Wildman–Crippen LogP) is 2.38. The van der Waals surface area contributed by atoms with E-state index in [2.05, 4.69) is 52.8 Å². The predicted molar refractivity (Wildman–Crippen MR) is 108 cm³/mol. The van der Waals surface area contributed by atoms with E-state index >= 15 is 0 Å². The highest BCUT2D eigenvalue weighted by atomic mass is 16.5. The minimum absolute atomic E-state index is 0.265. The van der Waals surface area contributed by atoms with E-state index in [4.69, 9.17) is 9.73 Å². The molecule has 0 amide bonds. The van der Waals surface area contributed by atoms with Crippen LogP contribution in [0.4, 0.5) is 0 Å². The minimum atomic E-state index is 0.265. The first-order chi connectivity index (χ1) is 12.8. The maximum Gasteiger partial charge on any atom is 0.191 e. The van der Waals surface area contributed by atoms with E-state index in [1.54, 1.807) is 7.11 Å². The fraction of sp³-hybridized carbons (Fsp3) is 0.667. The second-order valence-corrected chi connectivity index (χ2v) is 7.55. The van der Waals surface area contributed by atoms with E-state index in [0.29, 0.717) is 6.04 Å². The fourth-order valence-corrected chi connectivity index (χ4v) is 3.90. The Bertz CT molecular complexity index is 571. The Morgan fingerprint density at radius 2 is 2.08 bits per heavy atom. The van der Waals surface area contributed by atoms with Gasteiger partial charge in [0, 0.05) is 38.2 Å². The molecule has 1 unspecified atom stereocenters. The van der Waals surface area contributed by atoms with Gasteiger partial charge in [-0.05, 0) is 44.7 Å². The van der Waals surface area contributed by atoms with Crippen molar-refractivity contribution >= 4 is 5.96 Å². The van der Waals surface area contributed by atoms with Crippen molar-refractivity contribution in [3.05, 3.63) is 35.9 Å². The quantitative estimate of drug-likeness (QED) is 0.526. The zero-order valence-corrected chi connectivity index (χ0v) is 16.3. The molecule has 0 spiro atoms. The van der Waals surface area contributed by atoms with Gasteiger partial charge in [0.05, 0.1) is 13.2 Å². The van der Waals surface area contributed by atoms with Gasteiger partial charge >= 0.3 is 0 Å². The molecule has 144 valence electrons. The first kappa shape index (κ1) is 19.2. The molecular formula is C21H34N4O. The lowest BCUT2D eigenvalue weighted by atomic mass is 9.96. The van der Waals surface area contributed by atoms with Crippen molar-refractivity contribution in [2.45, 2.75) is 44.1 Å². The summed E-state index contributed by atoms with van der Waals surface area (Å²) in [5, 5.41) is 6.99. The van der Waals surface area contributed by atoms with Gasteiger partial charge < -0.3 is 15.4 Å². The molecule has 0 aromatic heterocycles. The van der Waals surface area contributed by atoms with E-state index in [0.717, 1.165) is 38.7 Å². The number of likely N-dealkylation sites (tertiary alicyclic amines) is 1. The highest BCUT2D eigenvalue weighted by Crippen LogP contribution is 2.48. The third-order valence-corrected chi connectivity index (χ3v) is 5.71. The maximum absolute atomic E-state index is 5.24. The molecule has 1 aromatic rings. The first-order valence-corrected chi connectivity index (χ1v) is 10.1. The van der Waals surface area contributed by atoms with Gasteiger partial charge in [0.1, 0.15) is 0 Å². The lowest BCUT2D eigenvalue weighted by Gasteiger charge is -2.25. The molecule has 5 nitrogen and oxygen atoms in total. The number of ether oxygens (including phenoxy) is 1. The van der Waals surface area contributed by atoms with Gasteiger partial charge in [0.25, 0.3) is 0 Å². The number of nitrogens with one attached hydrogen (secondary N) is 2. The van der Waals surface area contributed by atoms with Crippen molar-refractivity contribution in [3.63, 3.8) is 0 Å². The number of hydrogen-bond donors (Lipinski definition) is 2. The summed E-state index contributed by atoms with van der Waals surface area (Å²) in [4.78, 5) is 7.46. The van der Waals surface area contributed by atoms with Gasteiger partial charge in [-0.15, -0.1) is 0 Å². The van der Waals surface area contributed by atoms with E-state index in [9.17, 15) is 0 Å². The normalized spacial score (nSPS) is 22.4. The molecule has 1 aliphatic carbocycles. The molecule has 1 saturated carbocycles. The van der Waals surface area contributed by atoms with Crippen LogP contribution >= 0.6 is 0 Å². The zero-order chi connectivity index (χ0) is 18.2. The van der Waals surface area contributed by atoms with E-state index in [1.807, 2.05) is 0 Å². The molecule has 26 heavy (non-hydrogen) atoms. The van der Waals surface area contributed by atoms with Crippen LogP contribution in [0.1, 0.15) is 38.2 Å². The molecular weight excluding hydrogens is 324 g/mol. The molecule has 0 radical (unpaired) electrons. The van der Waals surface area contributed by atoms with Gasteiger partial charge in [-0.2, -0.15) is 0 Å². The Morgan fingerprint density at radius 1 is 1.27 bits per heavy atom. The molecule has 1 atom stereocenters. The van der Waals surface area contributed by atoms with Crippen molar-refractivity contribution < 1.29 is 4.74 Å². The highest BCUT2D eigenvalue weighted by molar-refractivity contribution is 5.79. The molecule has 1 aliphatic heterocycles. The zero-order valence-electron chi connectivity index (χ0n) is 16.3. The third kappa shape index (κ3) is 4.98. The lowest BCUT2D eigenvalue weighted by Crippen LogP contribution is -2.45. The Kier molecular flexibility index (Phi) is 6.92. The van der Waals surface area contributed by atoms with Crippen LogP contribution in [0.15, 0.2) is 35.3 Å². The van der Waals surface area contributed by atoms with E-state index < -0.39 is 0 Å². The Labute approximate surface area is 158 Å². The van der Waals surface area contributed by atoms with Crippen LogP contribution in [0.25, 0.3) is 0 Å². The average Bonchev–Trinajstić information content (AvgIpc) is 3.34. The Morgan fingerprint density at radius 3 is 2.77 bits per heavy atom. The van der Waals surface area contributed by atoms with E-state index in [1.165, 1.54) is 37.8 Å². The summed E-state index contributed by atoms with van der Waals surface area (Å²) in [6.07, 6.45) is 5.02. The van der Waals surface area contributed by atoms with Gasteiger partial charge in [-0.25, -0.2) is 0 Å². The highest BCUT2D eigenvalue weighted by Gasteiger charge is 2.44. The van der Waals surface area contributed by atoms with Crippen LogP contribution in [-0.2, 0) is 10.2 Å². The van der Waals surface area contributed by atoms with Crippen LogP contribution in [0.3, 0.4) is 0 Å². The molecule has 5 heteroatoms. The van der Waals surface area contributed by atoms with Crippen LogP contribution < -0.4 is 10.6 Å². The van der Waals surface area contributed by atoms with Crippen LogP contribution in [0, 0.1) is 0 Å². The fourth-order valence-electron chi connectivity index (χ4n) is 3.90. The summed E-state index contributed by atoms with van der Waals surface area (Å²) < 4.78 is 5.24. The topological polar surface area (TPSA) is 48.9 Å². The molecule has 2 fully saturated rings. The second-order valence-electron chi connectivity index (χ2n) is 7.55. The van der Waals surface area contributed by atoms with Gasteiger partial charge in [0.2, 0.25) is 0 Å². The average molecular weight is 359 g/mol. The number of guanidine groups is 1. The Hall–Kier alpha value is -1.59. The summed E-state index contributed by atoms with van der Waals surface area (Å²) >= 11 is 0. The number of benzene rings is 1. The van der Waals surface area contributed by atoms with Gasteiger partial charge in [0.15, 0.2) is 5.96 Å². The summed E-state index contributed by atoms with van der Waals surface area (Å²) in [5.74, 6) is 0.952. The molecule has 2 aliphatic rings. The van der Waals surface area contributed by atoms with Crippen molar-refractivity contribution in [1.82, 2.24) is 15.5 Å². The third-order valence-electron chi connectivity index (χ3n) is 5.71. The smallest absolute Gasteiger partial charge is 0.191 e. The standard InChI is InChI=1S/C21H34N4O/c1-3-22-20(23-16-19-10-7-13-25(19)14-15-26-2)24-17-21(11-12-21)18-8-5-4-6-9-18/h4-6,8-9,19H,3,7,10-17H2,1-2H3,(H2,22,23,24). The molecule has 1 saturated heterocycles. The summed E-state index contributed by atoms with van der Waals surface area (Å²) in [7, 11) is 1.78. The second kappa shape index (κ2) is 9.38. The van der Waals surface area contributed by atoms with Crippen molar-refractivity contribution in [2.75, 3.05) is 46.4 Å². The molecule has 1 heterocycles. The molecule has 2 N–H and O–H groups in total. The minimum Gasteiger partial charge on any atom is -0.383 e. The SMILES string of the molecule is CCNC(=NCC1(c2ccccc2)CC1)NCC1CCCN1CCOC. The number of rotatable bonds is 9. The van der Waals surface area contributed by atoms with E-state index in [-0.39, 0.29) is 5.41 Å². The van der Waals surface area contributed by atoms with Crippen molar-refractivity contribution in [3.8, 4) is 0 Å². The number of methoxy groups -OCH3 is 1. The molecule has 0 bridgehead atoms. The summed E-state index contributed by atoms with van der Waals surface area (Å²) in [6.45, 7) is 7.85. The number of hydrogen-bond acceptors (Lipinski definition) is 3. The van der Waals surface area contributed by atoms with Crippen LogP contribution in [0.2, 0.25) is 0 Å². The van der Waals surface area contributed by atoms with Crippen molar-refractivity contribution in [1.29, 1.82) is 0 Å². The van der Waals surface area contributed by atoms with Gasteiger partial charge in [-0.1, -0.05) is 30.3 Å². The monoisotopic (exact) mass is 358 g/mol. The molecule has 1 aromatic carbocycles. The largest absolute Gasteiger partial charge is 0.383 e. The summed E-state index contributed by atoms with van der Waals surface area (Å²) in [5.41, 5.74) is 1.70. The van der Waals surface area contributed by atoms with Crippen LogP contribution in [0.5, 0.6) is 0 Å². The summed E-state index contributed by atoms with van der Waals surface area (Å²) in [6, 6.07) is 11.4. The lowest BCUT2D eigenvalue weighted by molar-refractivity contribution is 0.141. The van der Waals surface area contributed by atoms with Crippen molar-refractivity contribution in [2.24, 2.45) is 4.99 Å². The van der Waals surface area contributed by atoms with Crippen LogP contribution in [-0.4, -0.2) is 63.3 Å². The first-order valence-electron chi connectivity index (χ1n) is 10.1.